The van der Waals surface area contributed by atoms with Crippen molar-refractivity contribution in [2.24, 2.45) is 0 Å². The van der Waals surface area contributed by atoms with Crippen molar-refractivity contribution in [2.75, 3.05) is 6.61 Å². The Morgan fingerprint density at radius 3 is 2.50 bits per heavy atom. The van der Waals surface area contributed by atoms with Gasteiger partial charge in [-0.25, -0.2) is 4.79 Å². The van der Waals surface area contributed by atoms with Gasteiger partial charge in [0.2, 0.25) is 0 Å². The molecule has 0 aliphatic rings. The average Bonchev–Trinajstić information content (AvgIpc) is 2.40. The van der Waals surface area contributed by atoms with Crippen molar-refractivity contribution in [3.05, 3.63) is 29.3 Å². The van der Waals surface area contributed by atoms with Crippen LogP contribution < -0.4 is 4.74 Å². The van der Waals surface area contributed by atoms with Gasteiger partial charge in [0.25, 0.3) is 0 Å². The molecule has 110 valence electrons. The van der Waals surface area contributed by atoms with E-state index in [0.29, 0.717) is 24.3 Å². The molecule has 0 aromatic heterocycles. The van der Waals surface area contributed by atoms with Crippen LogP contribution in [0.3, 0.4) is 0 Å². The van der Waals surface area contributed by atoms with Crippen LogP contribution in [0.25, 0.3) is 0 Å². The predicted octanol–water partition coefficient (Wildman–Crippen LogP) is 3.31. The van der Waals surface area contributed by atoms with Crippen molar-refractivity contribution in [1.29, 1.82) is 0 Å². The van der Waals surface area contributed by atoms with Gasteiger partial charge < -0.3 is 9.47 Å². The summed E-state index contributed by atoms with van der Waals surface area (Å²) in [5.41, 5.74) is 1.47. The Morgan fingerprint density at radius 1 is 1.25 bits per heavy atom. The second-order valence-electron chi connectivity index (χ2n) is 4.70. The van der Waals surface area contributed by atoms with Crippen LogP contribution in [0.5, 0.6) is 5.75 Å². The molecule has 0 saturated heterocycles. The van der Waals surface area contributed by atoms with Gasteiger partial charge in [0.15, 0.2) is 11.9 Å². The summed E-state index contributed by atoms with van der Waals surface area (Å²) in [7, 11) is 0. The highest BCUT2D eigenvalue weighted by Gasteiger charge is 2.22. The molecule has 4 heteroatoms. The summed E-state index contributed by atoms with van der Waals surface area (Å²) in [6.45, 7) is 7.44. The molecular weight excluding hydrogens is 256 g/mol. The van der Waals surface area contributed by atoms with Crippen molar-refractivity contribution in [3.8, 4) is 5.75 Å². The minimum atomic E-state index is -0.666. The third-order valence-corrected chi connectivity index (χ3v) is 2.88. The van der Waals surface area contributed by atoms with E-state index in [1.165, 1.54) is 6.92 Å². The normalized spacial score (nSPS) is 11.8. The maximum atomic E-state index is 11.9. The Kier molecular flexibility index (Phi) is 6.22. The monoisotopic (exact) mass is 278 g/mol. The molecule has 0 aliphatic heterocycles. The molecule has 0 bridgehead atoms. The highest BCUT2D eigenvalue weighted by molar-refractivity contribution is 5.97. The first-order chi connectivity index (χ1) is 9.49. The van der Waals surface area contributed by atoms with E-state index >= 15 is 0 Å². The molecule has 0 aliphatic carbocycles. The SMILES string of the molecule is CCCC(Oc1ccc(C)cc1C(C)=O)C(=O)OCC. The number of esters is 1. The van der Waals surface area contributed by atoms with Crippen LogP contribution in [0.1, 0.15) is 49.5 Å². The summed E-state index contributed by atoms with van der Waals surface area (Å²) in [4.78, 5) is 23.5. The van der Waals surface area contributed by atoms with Gasteiger partial charge in [0, 0.05) is 0 Å². The zero-order chi connectivity index (χ0) is 15.1. The minimum absolute atomic E-state index is 0.0807. The van der Waals surface area contributed by atoms with Gasteiger partial charge >= 0.3 is 5.97 Å². The largest absolute Gasteiger partial charge is 0.478 e. The maximum Gasteiger partial charge on any atom is 0.347 e. The fraction of sp³-hybridized carbons (Fsp3) is 0.500. The van der Waals surface area contributed by atoms with Crippen LogP contribution in [-0.4, -0.2) is 24.5 Å². The highest BCUT2D eigenvalue weighted by Crippen LogP contribution is 2.23. The number of carbonyl (C=O) groups is 2. The standard InChI is InChI=1S/C16H22O4/c1-5-7-15(16(18)19-6-2)20-14-9-8-11(3)10-13(14)12(4)17/h8-10,15H,5-7H2,1-4H3. The van der Waals surface area contributed by atoms with Crippen molar-refractivity contribution >= 4 is 11.8 Å². The number of benzene rings is 1. The van der Waals surface area contributed by atoms with Crippen molar-refractivity contribution in [1.82, 2.24) is 0 Å². The van der Waals surface area contributed by atoms with E-state index < -0.39 is 6.10 Å². The summed E-state index contributed by atoms with van der Waals surface area (Å²) >= 11 is 0. The number of Topliss-reactive ketones (excluding diaryl/α,β-unsaturated/α-hetero) is 1. The molecule has 1 unspecified atom stereocenters. The van der Waals surface area contributed by atoms with Crippen LogP contribution in [0.4, 0.5) is 0 Å². The Bertz CT molecular complexity index is 479. The number of rotatable bonds is 7. The fourth-order valence-corrected chi connectivity index (χ4v) is 1.90. The van der Waals surface area contributed by atoms with Gasteiger partial charge in [-0.05, 0) is 39.3 Å². The lowest BCUT2D eigenvalue weighted by molar-refractivity contribution is -0.151. The van der Waals surface area contributed by atoms with Gasteiger partial charge in [-0.1, -0.05) is 25.0 Å². The van der Waals surface area contributed by atoms with Crippen LogP contribution >= 0.6 is 0 Å². The smallest absolute Gasteiger partial charge is 0.347 e. The molecule has 0 fully saturated rings. The fourth-order valence-electron chi connectivity index (χ4n) is 1.90. The van der Waals surface area contributed by atoms with Crippen LogP contribution in [0, 0.1) is 6.92 Å². The lowest BCUT2D eigenvalue weighted by Crippen LogP contribution is -2.29. The summed E-state index contributed by atoms with van der Waals surface area (Å²) < 4.78 is 10.7. The first kappa shape index (κ1) is 16.2. The molecular formula is C16H22O4. The maximum absolute atomic E-state index is 11.9. The molecule has 0 saturated carbocycles. The van der Waals surface area contributed by atoms with E-state index in [4.69, 9.17) is 9.47 Å². The van der Waals surface area contributed by atoms with Gasteiger partial charge in [-0.2, -0.15) is 0 Å². The summed E-state index contributed by atoms with van der Waals surface area (Å²) in [5.74, 6) is -0.0261. The van der Waals surface area contributed by atoms with Gasteiger partial charge in [0.1, 0.15) is 5.75 Å². The topological polar surface area (TPSA) is 52.6 Å². The number of ether oxygens (including phenoxy) is 2. The second-order valence-corrected chi connectivity index (χ2v) is 4.70. The number of hydrogen-bond donors (Lipinski definition) is 0. The van der Waals surface area contributed by atoms with E-state index in [9.17, 15) is 9.59 Å². The third-order valence-electron chi connectivity index (χ3n) is 2.88. The Balaban J connectivity index is 2.98. The highest BCUT2D eigenvalue weighted by atomic mass is 16.6. The zero-order valence-electron chi connectivity index (χ0n) is 12.6. The van der Waals surface area contributed by atoms with E-state index in [-0.39, 0.29) is 11.8 Å². The van der Waals surface area contributed by atoms with Crippen molar-refractivity contribution < 1.29 is 19.1 Å². The van der Waals surface area contributed by atoms with Crippen LogP contribution in [0.15, 0.2) is 18.2 Å². The molecule has 0 N–H and O–H groups in total. The molecule has 0 heterocycles. The molecule has 0 spiro atoms. The molecule has 1 aromatic rings. The number of carbonyl (C=O) groups excluding carboxylic acids is 2. The lowest BCUT2D eigenvalue weighted by atomic mass is 10.1. The van der Waals surface area contributed by atoms with Crippen molar-refractivity contribution in [2.45, 2.75) is 46.6 Å². The molecule has 0 radical (unpaired) electrons. The van der Waals surface area contributed by atoms with Gasteiger partial charge in [-0.3, -0.25) is 4.79 Å². The second kappa shape index (κ2) is 7.68. The number of ketones is 1. The third kappa shape index (κ3) is 4.37. The van der Waals surface area contributed by atoms with E-state index in [0.717, 1.165) is 12.0 Å². The van der Waals surface area contributed by atoms with Gasteiger partial charge in [0.05, 0.1) is 12.2 Å². The summed E-state index contributed by atoms with van der Waals surface area (Å²) in [6.07, 6.45) is 0.690. The molecule has 1 aromatic carbocycles. The summed E-state index contributed by atoms with van der Waals surface area (Å²) in [5, 5.41) is 0. The first-order valence-corrected chi connectivity index (χ1v) is 6.94. The quantitative estimate of drug-likeness (QED) is 0.567. The predicted molar refractivity (Wildman–Crippen MR) is 77.1 cm³/mol. The minimum Gasteiger partial charge on any atom is -0.478 e. The molecule has 1 atom stereocenters. The zero-order valence-corrected chi connectivity index (χ0v) is 12.6. The van der Waals surface area contributed by atoms with Crippen LogP contribution in [-0.2, 0) is 9.53 Å². The summed E-state index contributed by atoms with van der Waals surface area (Å²) in [6, 6.07) is 5.36. The molecule has 4 nitrogen and oxygen atoms in total. The number of aryl methyl sites for hydroxylation is 1. The van der Waals surface area contributed by atoms with E-state index in [1.54, 1.807) is 19.1 Å². The Hall–Kier alpha value is -1.84. The van der Waals surface area contributed by atoms with Crippen LogP contribution in [0.2, 0.25) is 0 Å². The first-order valence-electron chi connectivity index (χ1n) is 6.94. The van der Waals surface area contributed by atoms with Crippen molar-refractivity contribution in [3.63, 3.8) is 0 Å². The molecule has 1 rings (SSSR count). The average molecular weight is 278 g/mol. The molecule has 0 amide bonds. The lowest BCUT2D eigenvalue weighted by Gasteiger charge is -2.18. The van der Waals surface area contributed by atoms with E-state index in [2.05, 4.69) is 0 Å². The Morgan fingerprint density at radius 2 is 1.95 bits per heavy atom. The van der Waals surface area contributed by atoms with Gasteiger partial charge in [-0.15, -0.1) is 0 Å². The molecule has 20 heavy (non-hydrogen) atoms. The Labute approximate surface area is 120 Å². The van der Waals surface area contributed by atoms with E-state index in [1.807, 2.05) is 19.9 Å². The number of hydrogen-bond acceptors (Lipinski definition) is 4.